The summed E-state index contributed by atoms with van der Waals surface area (Å²) in [6.45, 7) is 13.3. The number of carbonyl (C=O) groups is 3. The van der Waals surface area contributed by atoms with E-state index in [1.807, 2.05) is 76.5 Å². The van der Waals surface area contributed by atoms with Crippen LogP contribution in [-0.4, -0.2) is 122 Å². The van der Waals surface area contributed by atoms with Gasteiger partial charge in [-0.2, -0.15) is 0 Å². The summed E-state index contributed by atoms with van der Waals surface area (Å²) in [5, 5.41) is 3.10. The molecule has 2 amide bonds. The van der Waals surface area contributed by atoms with Crippen LogP contribution in [-0.2, 0) is 4.79 Å². The van der Waals surface area contributed by atoms with Gasteiger partial charge in [-0.05, 0) is 79.2 Å². The summed E-state index contributed by atoms with van der Waals surface area (Å²) < 4.78 is 12.0. The number of carbonyl (C=O) groups excluding carboxylic acids is 3. The molecule has 270 valence electrons. The second-order valence-corrected chi connectivity index (χ2v) is 13.6. The molecule has 1 aromatic heterocycles. The summed E-state index contributed by atoms with van der Waals surface area (Å²) in [5.41, 5.74) is 3.05. The monoisotopic (exact) mass is 701 g/mol. The molecule has 0 saturated carbocycles. The molecule has 52 heavy (non-hydrogen) atoms. The number of anilines is 1. The van der Waals surface area contributed by atoms with Crippen LogP contribution >= 0.6 is 0 Å². The van der Waals surface area contributed by atoms with Gasteiger partial charge in [0.25, 0.3) is 5.91 Å². The molecule has 0 aliphatic carbocycles. The molecule has 0 N–H and O–H groups in total. The highest BCUT2D eigenvalue weighted by Crippen LogP contribution is 2.27. The van der Waals surface area contributed by atoms with E-state index >= 15 is 0 Å². The van der Waals surface area contributed by atoms with Gasteiger partial charge >= 0.3 is 0 Å². The third-order valence-electron chi connectivity index (χ3n) is 10.4. The van der Waals surface area contributed by atoms with Crippen LogP contribution in [0.1, 0.15) is 40.3 Å². The molecule has 10 heteroatoms. The van der Waals surface area contributed by atoms with E-state index in [-0.39, 0.29) is 17.6 Å². The molecule has 2 saturated heterocycles. The number of ether oxygens (including phenoxy) is 1. The minimum atomic E-state index is -0.158. The van der Waals surface area contributed by atoms with E-state index in [0.717, 1.165) is 54.6 Å². The Labute approximate surface area is 305 Å². The second-order valence-electron chi connectivity index (χ2n) is 13.6. The zero-order valence-electron chi connectivity index (χ0n) is 30.1. The number of piperazine rings is 2. The number of hydrogen-bond acceptors (Lipinski definition) is 8. The lowest BCUT2D eigenvalue weighted by molar-refractivity contribution is -0.134. The predicted molar refractivity (Wildman–Crippen MR) is 204 cm³/mol. The highest BCUT2D eigenvalue weighted by atomic mass is 16.5. The zero-order valence-corrected chi connectivity index (χ0v) is 30.1. The smallest absolute Gasteiger partial charge is 0.253 e. The van der Waals surface area contributed by atoms with Crippen LogP contribution in [0.15, 0.2) is 95.4 Å². The number of nitrogens with zero attached hydrogens (tertiary/aromatic N) is 5. The van der Waals surface area contributed by atoms with Crippen molar-refractivity contribution >= 4 is 45.0 Å². The van der Waals surface area contributed by atoms with Gasteiger partial charge in [-0.3, -0.25) is 24.2 Å². The molecule has 0 unspecified atom stereocenters. The number of rotatable bonds is 12. The number of hydrogen-bond donors (Lipinski definition) is 0. The lowest BCUT2D eigenvalue weighted by Crippen LogP contribution is -2.54. The summed E-state index contributed by atoms with van der Waals surface area (Å²) in [7, 11) is 0. The standard InChI is InChI=1S/C42H47N5O5/c1-3-45(4-2)36-14-11-34-28-39(52-38(34)29-36)41(49)32-12-15-37(16-13-32)51-26-25-43-17-21-46(22-18-43)40(48)30-44-19-23-47(24-20-44)42(50)35-10-9-31-7-5-6-8-33(31)27-35/h5-16,27-29H,3-4,17-26,30H2,1-2H3. The summed E-state index contributed by atoms with van der Waals surface area (Å²) in [6, 6.07) is 29.0. The third-order valence-corrected chi connectivity index (χ3v) is 10.4. The van der Waals surface area contributed by atoms with Crippen molar-refractivity contribution in [2.24, 2.45) is 0 Å². The van der Waals surface area contributed by atoms with Gasteiger partial charge in [0.2, 0.25) is 11.7 Å². The Morgan fingerprint density at radius 2 is 1.33 bits per heavy atom. The van der Waals surface area contributed by atoms with Gasteiger partial charge in [-0.25, -0.2) is 0 Å². The van der Waals surface area contributed by atoms with Crippen molar-refractivity contribution in [3.05, 3.63) is 108 Å². The summed E-state index contributed by atoms with van der Waals surface area (Å²) in [6.07, 6.45) is 0. The first-order valence-corrected chi connectivity index (χ1v) is 18.4. The summed E-state index contributed by atoms with van der Waals surface area (Å²) in [5.74, 6) is 1.07. The largest absolute Gasteiger partial charge is 0.492 e. The fourth-order valence-electron chi connectivity index (χ4n) is 7.18. The Morgan fingerprint density at radius 1 is 0.673 bits per heavy atom. The van der Waals surface area contributed by atoms with E-state index in [2.05, 4.69) is 34.6 Å². The average Bonchev–Trinajstić information content (AvgIpc) is 3.62. The topological polar surface area (TPSA) is 89.8 Å². The minimum Gasteiger partial charge on any atom is -0.492 e. The number of furan rings is 1. The lowest BCUT2D eigenvalue weighted by atomic mass is 10.1. The average molecular weight is 702 g/mol. The molecule has 0 atom stereocenters. The van der Waals surface area contributed by atoms with Crippen molar-refractivity contribution in [2.75, 3.05) is 90.0 Å². The molecule has 2 aliphatic rings. The molecular weight excluding hydrogens is 654 g/mol. The van der Waals surface area contributed by atoms with Crippen LogP contribution in [0, 0.1) is 0 Å². The van der Waals surface area contributed by atoms with Gasteiger partial charge in [0, 0.05) is 100 Å². The van der Waals surface area contributed by atoms with Crippen LogP contribution in [0.4, 0.5) is 5.69 Å². The van der Waals surface area contributed by atoms with Crippen molar-refractivity contribution < 1.29 is 23.5 Å². The number of fused-ring (bicyclic) bond motifs is 2. The van der Waals surface area contributed by atoms with Gasteiger partial charge < -0.3 is 23.9 Å². The molecule has 10 nitrogen and oxygen atoms in total. The van der Waals surface area contributed by atoms with E-state index < -0.39 is 0 Å². The SMILES string of the molecule is CCN(CC)c1ccc2cc(C(=O)c3ccc(OCCN4CCN(C(=O)CN5CCN(C(=O)c6ccc7ccccc7c6)CC5)CC4)cc3)oc2c1. The molecule has 2 fully saturated rings. The van der Waals surface area contributed by atoms with Crippen molar-refractivity contribution in [1.29, 1.82) is 0 Å². The van der Waals surface area contributed by atoms with Crippen LogP contribution in [0.25, 0.3) is 21.7 Å². The zero-order chi connectivity index (χ0) is 36.0. The van der Waals surface area contributed by atoms with Crippen LogP contribution < -0.4 is 9.64 Å². The van der Waals surface area contributed by atoms with Gasteiger partial charge in [-0.1, -0.05) is 30.3 Å². The first-order chi connectivity index (χ1) is 25.4. The summed E-state index contributed by atoms with van der Waals surface area (Å²) in [4.78, 5) is 50.0. The van der Waals surface area contributed by atoms with E-state index in [4.69, 9.17) is 9.15 Å². The molecule has 5 aromatic rings. The molecule has 3 heterocycles. The minimum absolute atomic E-state index is 0.0486. The second kappa shape index (κ2) is 16.0. The van der Waals surface area contributed by atoms with Crippen LogP contribution in [0.2, 0.25) is 0 Å². The maximum absolute atomic E-state index is 13.2. The number of amides is 2. The Kier molecular flexibility index (Phi) is 10.8. The van der Waals surface area contributed by atoms with E-state index in [0.29, 0.717) is 80.6 Å². The maximum Gasteiger partial charge on any atom is 0.253 e. The highest BCUT2D eigenvalue weighted by Gasteiger charge is 2.27. The van der Waals surface area contributed by atoms with E-state index in [1.54, 1.807) is 18.2 Å². The predicted octanol–water partition coefficient (Wildman–Crippen LogP) is 5.64. The fraction of sp³-hybridized carbons (Fsp3) is 0.357. The van der Waals surface area contributed by atoms with Crippen LogP contribution in [0.3, 0.4) is 0 Å². The third kappa shape index (κ3) is 7.98. The Hall–Kier alpha value is -5.19. The van der Waals surface area contributed by atoms with Crippen molar-refractivity contribution in [3.63, 3.8) is 0 Å². The summed E-state index contributed by atoms with van der Waals surface area (Å²) >= 11 is 0. The van der Waals surface area contributed by atoms with Gasteiger partial charge in [0.15, 0.2) is 5.76 Å². The van der Waals surface area contributed by atoms with E-state index in [9.17, 15) is 14.4 Å². The molecule has 7 rings (SSSR count). The van der Waals surface area contributed by atoms with Crippen LogP contribution in [0.5, 0.6) is 5.75 Å². The van der Waals surface area contributed by atoms with Gasteiger partial charge in [0.1, 0.15) is 17.9 Å². The van der Waals surface area contributed by atoms with Gasteiger partial charge in [0.05, 0.1) is 6.54 Å². The maximum atomic E-state index is 13.2. The molecule has 0 radical (unpaired) electrons. The van der Waals surface area contributed by atoms with E-state index in [1.165, 1.54) is 0 Å². The Balaban J connectivity index is 0.811. The first kappa shape index (κ1) is 35.2. The highest BCUT2D eigenvalue weighted by molar-refractivity contribution is 6.09. The molecule has 4 aromatic carbocycles. The van der Waals surface area contributed by atoms with Crippen molar-refractivity contribution in [2.45, 2.75) is 13.8 Å². The quantitative estimate of drug-likeness (QED) is 0.155. The molecule has 0 bridgehead atoms. The lowest BCUT2D eigenvalue weighted by Gasteiger charge is -2.38. The normalized spacial score (nSPS) is 15.7. The first-order valence-electron chi connectivity index (χ1n) is 18.4. The molecule has 2 aliphatic heterocycles. The Bertz CT molecular complexity index is 2020. The molecular formula is C42H47N5O5. The Morgan fingerprint density at radius 3 is 2.06 bits per heavy atom. The number of benzene rings is 4. The molecule has 0 spiro atoms. The fourth-order valence-corrected chi connectivity index (χ4v) is 7.18. The van der Waals surface area contributed by atoms with Crippen molar-refractivity contribution in [3.8, 4) is 5.75 Å². The van der Waals surface area contributed by atoms with Crippen molar-refractivity contribution in [1.82, 2.24) is 19.6 Å². The van der Waals surface area contributed by atoms with Gasteiger partial charge in [-0.15, -0.1) is 0 Å². The number of ketones is 1.